The molecule has 1 aliphatic heterocycles. The fraction of sp³-hybridized carbons (Fsp3) is 0.154. The Morgan fingerprint density at radius 2 is 1.70 bits per heavy atom. The largest absolute Gasteiger partial charge is 0.494 e. The Balaban J connectivity index is 1.45. The van der Waals surface area contributed by atoms with Gasteiger partial charge in [-0.15, -0.1) is 0 Å². The summed E-state index contributed by atoms with van der Waals surface area (Å²) in [6.45, 7) is 2.48. The molecule has 1 aromatic heterocycles. The van der Waals surface area contributed by atoms with Crippen LogP contribution in [0, 0.1) is 0 Å². The molecule has 2 heterocycles. The van der Waals surface area contributed by atoms with E-state index in [1.165, 1.54) is 0 Å². The molecule has 0 saturated heterocycles. The average molecular weight is 443 g/mol. The van der Waals surface area contributed by atoms with E-state index in [0.29, 0.717) is 46.1 Å². The van der Waals surface area contributed by atoms with Crippen LogP contribution in [0.25, 0.3) is 11.0 Å². The molecule has 0 aliphatic carbocycles. The van der Waals surface area contributed by atoms with Crippen LogP contribution in [0.1, 0.15) is 23.0 Å². The van der Waals surface area contributed by atoms with Crippen molar-refractivity contribution in [2.45, 2.75) is 13.0 Å². The van der Waals surface area contributed by atoms with Crippen LogP contribution >= 0.6 is 0 Å². The van der Waals surface area contributed by atoms with E-state index in [9.17, 15) is 9.59 Å². The number of benzene rings is 3. The van der Waals surface area contributed by atoms with E-state index in [0.717, 1.165) is 0 Å². The molecule has 166 valence electrons. The summed E-state index contributed by atoms with van der Waals surface area (Å²) in [5.41, 5.74) is 1.21. The number of rotatable bonds is 6. The van der Waals surface area contributed by atoms with Gasteiger partial charge >= 0.3 is 0 Å². The molecular weight excluding hydrogens is 422 g/mol. The third kappa shape index (κ3) is 4.01. The Bertz CT molecular complexity index is 1320. The van der Waals surface area contributed by atoms with Crippen molar-refractivity contribution in [3.63, 3.8) is 0 Å². The van der Waals surface area contributed by atoms with Gasteiger partial charge in [0, 0.05) is 10.9 Å². The Morgan fingerprint density at radius 3 is 2.48 bits per heavy atom. The predicted molar refractivity (Wildman–Crippen MR) is 122 cm³/mol. The van der Waals surface area contributed by atoms with E-state index < -0.39 is 12.0 Å². The fourth-order valence-electron chi connectivity index (χ4n) is 3.68. The van der Waals surface area contributed by atoms with Crippen LogP contribution in [0.4, 0.5) is 5.69 Å². The maximum atomic E-state index is 13.3. The number of nitrogens with one attached hydrogen (secondary N) is 1. The maximum Gasteiger partial charge on any atom is 0.269 e. The molecule has 5 rings (SSSR count). The van der Waals surface area contributed by atoms with Crippen molar-refractivity contribution < 1.29 is 28.2 Å². The van der Waals surface area contributed by atoms with E-state index >= 15 is 0 Å². The molecule has 7 heteroatoms. The number of anilines is 1. The van der Waals surface area contributed by atoms with E-state index in [2.05, 4.69) is 5.32 Å². The number of hydrogen-bond acceptors (Lipinski definition) is 6. The lowest BCUT2D eigenvalue weighted by atomic mass is 10.1. The Labute approximate surface area is 189 Å². The van der Waals surface area contributed by atoms with E-state index in [4.69, 9.17) is 18.6 Å². The van der Waals surface area contributed by atoms with Gasteiger partial charge in [0.15, 0.2) is 17.3 Å². The minimum Gasteiger partial charge on any atom is -0.494 e. The van der Waals surface area contributed by atoms with Crippen LogP contribution in [0.15, 0.2) is 77.2 Å². The average Bonchev–Trinajstić information content (AvgIpc) is 3.22. The minimum absolute atomic E-state index is 0.0471. The van der Waals surface area contributed by atoms with E-state index in [1.807, 2.05) is 19.1 Å². The van der Waals surface area contributed by atoms with Crippen LogP contribution in [-0.4, -0.2) is 31.0 Å². The van der Waals surface area contributed by atoms with Crippen molar-refractivity contribution in [2.24, 2.45) is 0 Å². The Morgan fingerprint density at radius 1 is 0.970 bits per heavy atom. The quantitative estimate of drug-likeness (QED) is 0.429. The minimum atomic E-state index is -0.873. The second kappa shape index (κ2) is 8.70. The predicted octanol–water partition coefficient (Wildman–Crippen LogP) is 4.84. The molecule has 33 heavy (non-hydrogen) atoms. The van der Waals surface area contributed by atoms with Gasteiger partial charge in [-0.25, -0.2) is 0 Å². The molecule has 0 fully saturated rings. The lowest BCUT2D eigenvalue weighted by Gasteiger charge is -2.25. The number of carbonyl (C=O) groups is 2. The highest BCUT2D eigenvalue weighted by molar-refractivity contribution is 6.17. The summed E-state index contributed by atoms with van der Waals surface area (Å²) in [7, 11) is 0. The van der Waals surface area contributed by atoms with E-state index in [1.54, 1.807) is 60.7 Å². The number of carbonyl (C=O) groups excluding carboxylic acids is 2. The van der Waals surface area contributed by atoms with E-state index in [-0.39, 0.29) is 18.2 Å². The van der Waals surface area contributed by atoms with Gasteiger partial charge in [-0.1, -0.05) is 24.3 Å². The van der Waals surface area contributed by atoms with Crippen LogP contribution in [0.5, 0.6) is 17.2 Å². The van der Waals surface area contributed by atoms with Gasteiger partial charge in [-0.05, 0) is 55.5 Å². The summed E-state index contributed by atoms with van der Waals surface area (Å²) in [5, 5.41) is 3.46. The third-order valence-electron chi connectivity index (χ3n) is 5.28. The first kappa shape index (κ1) is 20.6. The third-order valence-corrected chi connectivity index (χ3v) is 5.28. The summed E-state index contributed by atoms with van der Waals surface area (Å²) in [6.07, 6.45) is -0.873. The molecule has 1 aliphatic rings. The highest BCUT2D eigenvalue weighted by Crippen LogP contribution is 2.34. The SMILES string of the molecule is CCOc1ccc(C(=O)c2oc3ccccc3c2NC(=O)[C@H]2COc3ccccc3O2)cc1. The first-order chi connectivity index (χ1) is 16.1. The van der Waals surface area contributed by atoms with Crippen LogP contribution in [0.2, 0.25) is 0 Å². The molecule has 7 nitrogen and oxygen atoms in total. The monoisotopic (exact) mass is 443 g/mol. The molecule has 0 radical (unpaired) electrons. The molecule has 3 aromatic carbocycles. The smallest absolute Gasteiger partial charge is 0.269 e. The summed E-state index contributed by atoms with van der Waals surface area (Å²) in [5.74, 6) is 1.01. The summed E-state index contributed by atoms with van der Waals surface area (Å²) >= 11 is 0. The number of ether oxygens (including phenoxy) is 3. The summed E-state index contributed by atoms with van der Waals surface area (Å²) in [6, 6.07) is 21.1. The first-order valence-corrected chi connectivity index (χ1v) is 10.6. The van der Waals surface area contributed by atoms with Gasteiger partial charge in [0.25, 0.3) is 5.91 Å². The molecule has 4 aromatic rings. The van der Waals surface area contributed by atoms with Crippen molar-refractivity contribution in [1.82, 2.24) is 0 Å². The van der Waals surface area contributed by atoms with Gasteiger partial charge in [-0.3, -0.25) is 9.59 Å². The second-order valence-electron chi connectivity index (χ2n) is 7.44. The number of hydrogen-bond donors (Lipinski definition) is 1. The second-order valence-corrected chi connectivity index (χ2v) is 7.44. The number of furan rings is 1. The molecule has 0 spiro atoms. The van der Waals surface area contributed by atoms with Crippen molar-refractivity contribution in [2.75, 3.05) is 18.5 Å². The highest BCUT2D eigenvalue weighted by Gasteiger charge is 2.30. The standard InChI is InChI=1S/C26H21NO6/c1-2-30-17-13-11-16(12-14-17)24(28)25-23(18-7-3-4-8-19(18)33-25)27-26(29)22-15-31-20-9-5-6-10-21(20)32-22/h3-14,22H,2,15H2,1H3,(H,27,29)/t22-/m1/s1. The van der Waals surface area contributed by atoms with Crippen molar-refractivity contribution in [1.29, 1.82) is 0 Å². The highest BCUT2D eigenvalue weighted by atomic mass is 16.6. The summed E-state index contributed by atoms with van der Waals surface area (Å²) < 4.78 is 22.8. The van der Waals surface area contributed by atoms with Gasteiger partial charge in [0.2, 0.25) is 11.9 Å². The topological polar surface area (TPSA) is 87.0 Å². The van der Waals surface area contributed by atoms with Crippen LogP contribution in [0.3, 0.4) is 0 Å². The van der Waals surface area contributed by atoms with Gasteiger partial charge in [0.05, 0.1) is 12.3 Å². The first-order valence-electron chi connectivity index (χ1n) is 10.6. The normalized spacial score (nSPS) is 14.6. The molecule has 0 bridgehead atoms. The number of para-hydroxylation sites is 3. The Hall–Kier alpha value is -4.26. The zero-order chi connectivity index (χ0) is 22.8. The lowest BCUT2D eigenvalue weighted by Crippen LogP contribution is -2.40. The molecule has 1 atom stereocenters. The van der Waals surface area contributed by atoms with Crippen molar-refractivity contribution >= 4 is 28.3 Å². The zero-order valence-electron chi connectivity index (χ0n) is 17.9. The number of fused-ring (bicyclic) bond motifs is 2. The number of ketones is 1. The van der Waals surface area contributed by atoms with Gasteiger partial charge < -0.3 is 23.9 Å². The number of amides is 1. The lowest BCUT2D eigenvalue weighted by molar-refractivity contribution is -0.125. The van der Waals surface area contributed by atoms with Gasteiger partial charge in [-0.2, -0.15) is 0 Å². The van der Waals surface area contributed by atoms with Crippen molar-refractivity contribution in [3.8, 4) is 17.2 Å². The maximum absolute atomic E-state index is 13.3. The molecule has 0 unspecified atom stereocenters. The van der Waals surface area contributed by atoms with Crippen LogP contribution < -0.4 is 19.5 Å². The molecule has 1 N–H and O–H groups in total. The van der Waals surface area contributed by atoms with Crippen molar-refractivity contribution in [3.05, 3.63) is 84.1 Å². The van der Waals surface area contributed by atoms with Gasteiger partial charge in [0.1, 0.15) is 17.9 Å². The fourth-order valence-corrected chi connectivity index (χ4v) is 3.68. The molecule has 0 saturated carbocycles. The Kier molecular flexibility index (Phi) is 5.44. The van der Waals surface area contributed by atoms with Crippen LogP contribution in [-0.2, 0) is 4.79 Å². The molecular formula is C26H21NO6. The zero-order valence-corrected chi connectivity index (χ0v) is 17.9. The molecule has 1 amide bonds. The summed E-state index contributed by atoms with van der Waals surface area (Å²) in [4.78, 5) is 26.3.